The maximum Gasteiger partial charge on any atom is 0.160 e. The third kappa shape index (κ3) is 2.72. The lowest BCUT2D eigenvalue weighted by molar-refractivity contribution is 0.373. The van der Waals surface area contributed by atoms with Gasteiger partial charge in [0.1, 0.15) is 5.01 Å². The number of aromatic hydroxyl groups is 1. The van der Waals surface area contributed by atoms with Crippen molar-refractivity contribution in [1.29, 1.82) is 0 Å². The van der Waals surface area contributed by atoms with Crippen molar-refractivity contribution in [3.05, 3.63) is 28.8 Å². The van der Waals surface area contributed by atoms with Crippen LogP contribution in [0, 0.1) is 6.92 Å². The average Bonchev–Trinajstić information content (AvgIpc) is 2.80. The Kier molecular flexibility index (Phi) is 4.07. The van der Waals surface area contributed by atoms with Gasteiger partial charge in [0.05, 0.1) is 12.8 Å². The molecule has 1 heterocycles. The predicted molar refractivity (Wildman–Crippen MR) is 78.0 cm³/mol. The van der Waals surface area contributed by atoms with E-state index in [2.05, 4.69) is 17.2 Å². The fraction of sp³-hybridized carbons (Fsp3) is 0.357. The average molecular weight is 278 g/mol. The van der Waals surface area contributed by atoms with Crippen LogP contribution in [0.5, 0.6) is 11.5 Å². The number of thiazole rings is 1. The Bertz CT molecular complexity index is 581. The topological polar surface area (TPSA) is 54.4 Å². The van der Waals surface area contributed by atoms with Crippen molar-refractivity contribution in [3.8, 4) is 22.1 Å². The van der Waals surface area contributed by atoms with Gasteiger partial charge in [-0.1, -0.05) is 0 Å². The highest BCUT2D eigenvalue weighted by atomic mass is 32.1. The smallest absolute Gasteiger partial charge is 0.160 e. The molecule has 0 bridgehead atoms. The standard InChI is InChI=1S/C14H18N2O2S/c1-8(15-3)13-9(2)16-14(19-13)10-5-6-12(18-4)11(17)7-10/h5-8,15,17H,1-4H3. The molecule has 0 amide bonds. The van der Waals surface area contributed by atoms with Crippen LogP contribution in [-0.2, 0) is 0 Å². The second kappa shape index (κ2) is 5.59. The van der Waals surface area contributed by atoms with E-state index in [1.54, 1.807) is 23.5 Å². The Hall–Kier alpha value is -1.59. The zero-order valence-electron chi connectivity index (χ0n) is 11.5. The fourth-order valence-corrected chi connectivity index (χ4v) is 3.01. The Morgan fingerprint density at radius 3 is 2.74 bits per heavy atom. The summed E-state index contributed by atoms with van der Waals surface area (Å²) in [6, 6.07) is 5.62. The van der Waals surface area contributed by atoms with E-state index in [1.165, 1.54) is 12.0 Å². The van der Waals surface area contributed by atoms with Crippen molar-refractivity contribution < 1.29 is 9.84 Å². The Morgan fingerprint density at radius 2 is 2.16 bits per heavy atom. The van der Waals surface area contributed by atoms with Gasteiger partial charge in [0.2, 0.25) is 0 Å². The number of aryl methyl sites for hydroxylation is 1. The minimum atomic E-state index is 0.135. The molecule has 19 heavy (non-hydrogen) atoms. The molecule has 4 nitrogen and oxygen atoms in total. The summed E-state index contributed by atoms with van der Waals surface area (Å²) in [7, 11) is 3.47. The van der Waals surface area contributed by atoms with Crippen molar-refractivity contribution in [3.63, 3.8) is 0 Å². The molecule has 0 saturated carbocycles. The van der Waals surface area contributed by atoms with Crippen molar-refractivity contribution in [2.24, 2.45) is 0 Å². The van der Waals surface area contributed by atoms with Gasteiger partial charge in [0.15, 0.2) is 11.5 Å². The molecule has 1 aromatic heterocycles. The molecule has 0 saturated heterocycles. The minimum Gasteiger partial charge on any atom is -0.504 e. The van der Waals surface area contributed by atoms with Crippen LogP contribution in [0.25, 0.3) is 10.6 Å². The molecule has 2 N–H and O–H groups in total. The number of nitrogens with one attached hydrogen (secondary N) is 1. The SMILES string of the molecule is CNC(C)c1sc(-c2ccc(OC)c(O)c2)nc1C. The van der Waals surface area contributed by atoms with Gasteiger partial charge in [0.25, 0.3) is 0 Å². The van der Waals surface area contributed by atoms with Gasteiger partial charge in [-0.2, -0.15) is 0 Å². The lowest BCUT2D eigenvalue weighted by atomic mass is 10.2. The first-order valence-corrected chi connectivity index (χ1v) is 6.90. The Labute approximate surface area is 117 Å². The summed E-state index contributed by atoms with van der Waals surface area (Å²) in [5.41, 5.74) is 1.93. The highest BCUT2D eigenvalue weighted by Crippen LogP contribution is 2.35. The number of rotatable bonds is 4. The highest BCUT2D eigenvalue weighted by molar-refractivity contribution is 7.15. The first-order chi connectivity index (χ1) is 9.06. The van der Waals surface area contributed by atoms with Crippen molar-refractivity contribution in [2.75, 3.05) is 14.2 Å². The van der Waals surface area contributed by atoms with E-state index in [-0.39, 0.29) is 11.8 Å². The Balaban J connectivity index is 2.40. The van der Waals surface area contributed by atoms with Gasteiger partial charge in [-0.05, 0) is 39.1 Å². The molecular formula is C14H18N2O2S. The van der Waals surface area contributed by atoms with E-state index in [4.69, 9.17) is 4.74 Å². The number of hydrogen-bond acceptors (Lipinski definition) is 5. The summed E-state index contributed by atoms with van der Waals surface area (Å²) in [5.74, 6) is 0.608. The molecule has 0 fully saturated rings. The fourth-order valence-electron chi connectivity index (χ4n) is 1.89. The summed E-state index contributed by atoms with van der Waals surface area (Å²) < 4.78 is 5.04. The third-order valence-corrected chi connectivity index (χ3v) is 4.47. The summed E-state index contributed by atoms with van der Waals surface area (Å²) >= 11 is 1.64. The second-order valence-electron chi connectivity index (χ2n) is 4.37. The third-order valence-electron chi connectivity index (χ3n) is 3.08. The maximum atomic E-state index is 9.82. The van der Waals surface area contributed by atoms with Gasteiger partial charge >= 0.3 is 0 Å². The second-order valence-corrected chi connectivity index (χ2v) is 5.40. The number of aromatic nitrogens is 1. The first-order valence-electron chi connectivity index (χ1n) is 6.08. The highest BCUT2D eigenvalue weighted by Gasteiger charge is 2.14. The van der Waals surface area contributed by atoms with E-state index in [9.17, 15) is 5.11 Å². The van der Waals surface area contributed by atoms with Crippen LogP contribution in [-0.4, -0.2) is 24.2 Å². The normalized spacial score (nSPS) is 12.4. The number of phenolic OH excluding ortho intramolecular Hbond substituents is 1. The first kappa shape index (κ1) is 13.8. The number of hydrogen-bond donors (Lipinski definition) is 2. The van der Waals surface area contributed by atoms with Crippen molar-refractivity contribution in [2.45, 2.75) is 19.9 Å². The summed E-state index contributed by atoms with van der Waals surface area (Å²) in [4.78, 5) is 5.79. The van der Waals surface area contributed by atoms with Crippen molar-refractivity contribution in [1.82, 2.24) is 10.3 Å². The molecule has 1 atom stereocenters. The largest absolute Gasteiger partial charge is 0.504 e. The molecular weight excluding hydrogens is 260 g/mol. The lowest BCUT2D eigenvalue weighted by Crippen LogP contribution is -2.11. The molecule has 1 aromatic carbocycles. The Morgan fingerprint density at radius 1 is 1.42 bits per heavy atom. The maximum absolute atomic E-state index is 9.82. The van der Waals surface area contributed by atoms with Gasteiger partial charge < -0.3 is 15.2 Å². The summed E-state index contributed by atoms with van der Waals surface area (Å²) in [6.07, 6.45) is 0. The lowest BCUT2D eigenvalue weighted by Gasteiger charge is -2.07. The quantitative estimate of drug-likeness (QED) is 0.902. The molecule has 0 radical (unpaired) electrons. The van der Waals surface area contributed by atoms with Crippen LogP contribution in [0.1, 0.15) is 23.5 Å². The van der Waals surface area contributed by atoms with E-state index in [1.807, 2.05) is 20.0 Å². The van der Waals surface area contributed by atoms with E-state index >= 15 is 0 Å². The predicted octanol–water partition coefficient (Wildman–Crippen LogP) is 3.11. The number of phenols is 1. The molecule has 0 aliphatic carbocycles. The van der Waals surface area contributed by atoms with Gasteiger partial charge in [0, 0.05) is 16.5 Å². The van der Waals surface area contributed by atoms with Crippen LogP contribution in [0.3, 0.4) is 0 Å². The molecule has 2 rings (SSSR count). The zero-order valence-corrected chi connectivity index (χ0v) is 12.3. The van der Waals surface area contributed by atoms with Crippen molar-refractivity contribution >= 4 is 11.3 Å². The minimum absolute atomic E-state index is 0.135. The number of ether oxygens (including phenoxy) is 1. The molecule has 5 heteroatoms. The zero-order chi connectivity index (χ0) is 14.0. The van der Waals surface area contributed by atoms with E-state index in [0.29, 0.717) is 5.75 Å². The van der Waals surface area contributed by atoms with Crippen LogP contribution in [0.15, 0.2) is 18.2 Å². The number of methoxy groups -OCH3 is 1. The molecule has 102 valence electrons. The molecule has 1 unspecified atom stereocenters. The molecule has 0 aliphatic heterocycles. The number of nitrogens with zero attached hydrogens (tertiary/aromatic N) is 1. The molecule has 0 aliphatic rings. The van der Waals surface area contributed by atoms with Crippen LogP contribution in [0.4, 0.5) is 0 Å². The summed E-state index contributed by atoms with van der Waals surface area (Å²) in [6.45, 7) is 4.11. The van der Waals surface area contributed by atoms with E-state index in [0.717, 1.165) is 16.3 Å². The molecule has 0 spiro atoms. The number of benzene rings is 1. The monoisotopic (exact) mass is 278 g/mol. The van der Waals surface area contributed by atoms with Crippen LogP contribution in [0.2, 0.25) is 0 Å². The van der Waals surface area contributed by atoms with Gasteiger partial charge in [-0.3, -0.25) is 0 Å². The summed E-state index contributed by atoms with van der Waals surface area (Å²) in [5, 5.41) is 14.0. The van der Waals surface area contributed by atoms with Crippen LogP contribution >= 0.6 is 11.3 Å². The van der Waals surface area contributed by atoms with E-state index < -0.39 is 0 Å². The van der Waals surface area contributed by atoms with Gasteiger partial charge in [-0.15, -0.1) is 11.3 Å². The molecule has 2 aromatic rings. The van der Waals surface area contributed by atoms with Crippen LogP contribution < -0.4 is 10.1 Å². The van der Waals surface area contributed by atoms with Gasteiger partial charge in [-0.25, -0.2) is 4.98 Å².